The Kier molecular flexibility index (Phi) is 4.52. The van der Waals surface area contributed by atoms with Crippen molar-refractivity contribution in [3.63, 3.8) is 0 Å². The first-order chi connectivity index (χ1) is 6.71. The third-order valence-electron chi connectivity index (χ3n) is 2.98. The van der Waals surface area contributed by atoms with E-state index in [1.165, 1.54) is 0 Å². The minimum absolute atomic E-state index is 0. The number of carboxylic acids is 1. The largest absolute Gasteiger partial charge is 1.00 e. The van der Waals surface area contributed by atoms with Gasteiger partial charge >= 0.3 is 51.4 Å². The fourth-order valence-corrected chi connectivity index (χ4v) is 2.01. The number of rotatable bonds is 3. The number of aliphatic carboxylic acids is 1. The van der Waals surface area contributed by atoms with Crippen molar-refractivity contribution >= 4 is 5.97 Å². The normalized spacial score (nSPS) is 27.9. The van der Waals surface area contributed by atoms with Gasteiger partial charge in [-0.1, -0.05) is 30.3 Å². The molecule has 0 radical (unpaired) electrons. The number of carbonyl (C=O) groups excluding carboxylic acids is 1. The van der Waals surface area contributed by atoms with E-state index < -0.39 is 11.4 Å². The standard InChI is InChI=1S/C11H12O3.K/c12-7-9-6-11(9,10(13)14)8-4-2-1-3-5-8;/h1-5,9,12H,6-7H2,(H,13,14);/q;+1/p-1/t9-,11+;/m1./s1. The molecule has 0 saturated heterocycles. The molecule has 0 heterocycles. The molecule has 1 saturated carbocycles. The molecule has 0 spiro atoms. The van der Waals surface area contributed by atoms with Crippen LogP contribution in [0.5, 0.6) is 0 Å². The second kappa shape index (κ2) is 5.08. The second-order valence-corrected chi connectivity index (χ2v) is 3.71. The molecule has 1 aliphatic carbocycles. The maximum absolute atomic E-state index is 11.0. The molecule has 0 bridgehead atoms. The van der Waals surface area contributed by atoms with E-state index in [-0.39, 0.29) is 63.9 Å². The maximum atomic E-state index is 11.0. The fraction of sp³-hybridized carbons (Fsp3) is 0.364. The molecule has 1 fully saturated rings. The van der Waals surface area contributed by atoms with Crippen molar-refractivity contribution in [2.75, 3.05) is 6.61 Å². The van der Waals surface area contributed by atoms with Crippen molar-refractivity contribution in [1.82, 2.24) is 0 Å². The van der Waals surface area contributed by atoms with Crippen LogP contribution < -0.4 is 56.5 Å². The Hall–Kier alpha value is 0.286. The zero-order valence-corrected chi connectivity index (χ0v) is 11.8. The summed E-state index contributed by atoms with van der Waals surface area (Å²) in [5.74, 6) is -1.27. The van der Waals surface area contributed by atoms with E-state index in [1.807, 2.05) is 6.07 Å². The van der Waals surface area contributed by atoms with Crippen LogP contribution in [0.1, 0.15) is 12.0 Å². The van der Waals surface area contributed by atoms with Gasteiger partial charge in [0.25, 0.3) is 0 Å². The first-order valence-electron chi connectivity index (χ1n) is 4.59. The summed E-state index contributed by atoms with van der Waals surface area (Å²) in [5.41, 5.74) is -0.199. The maximum Gasteiger partial charge on any atom is 1.00 e. The Morgan fingerprint density at radius 1 is 1.47 bits per heavy atom. The van der Waals surface area contributed by atoms with Gasteiger partial charge in [0, 0.05) is 12.0 Å². The summed E-state index contributed by atoms with van der Waals surface area (Å²) in [6.07, 6.45) is 0.482. The number of carbonyl (C=O) groups is 1. The fourth-order valence-electron chi connectivity index (χ4n) is 2.01. The van der Waals surface area contributed by atoms with Gasteiger partial charge in [0.2, 0.25) is 0 Å². The Bertz CT molecular complexity index is 352. The molecule has 0 aliphatic heterocycles. The smallest absolute Gasteiger partial charge is 0.549 e. The number of hydrogen-bond donors (Lipinski definition) is 1. The van der Waals surface area contributed by atoms with E-state index in [0.717, 1.165) is 5.56 Å². The van der Waals surface area contributed by atoms with Gasteiger partial charge in [-0.15, -0.1) is 0 Å². The number of benzene rings is 1. The van der Waals surface area contributed by atoms with Crippen molar-refractivity contribution in [1.29, 1.82) is 0 Å². The number of aliphatic hydroxyl groups is 1. The topological polar surface area (TPSA) is 60.4 Å². The van der Waals surface area contributed by atoms with Crippen LogP contribution in [-0.4, -0.2) is 17.7 Å². The molecule has 2 atom stereocenters. The molecule has 1 N–H and O–H groups in total. The second-order valence-electron chi connectivity index (χ2n) is 3.71. The van der Waals surface area contributed by atoms with Gasteiger partial charge in [-0.05, 0) is 17.9 Å². The molecule has 1 aromatic carbocycles. The molecule has 0 aromatic heterocycles. The molecule has 2 rings (SSSR count). The molecule has 1 aromatic rings. The van der Waals surface area contributed by atoms with Crippen LogP contribution in [0.4, 0.5) is 0 Å². The molecular formula is C11H11KO3. The van der Waals surface area contributed by atoms with Crippen molar-refractivity contribution in [3.05, 3.63) is 35.9 Å². The number of carboxylic acid groups (broad SMARTS) is 1. The Morgan fingerprint density at radius 2 is 2.07 bits per heavy atom. The molecule has 3 nitrogen and oxygen atoms in total. The van der Waals surface area contributed by atoms with Gasteiger partial charge in [0.1, 0.15) is 0 Å². The first kappa shape index (κ1) is 13.4. The van der Waals surface area contributed by atoms with Crippen LogP contribution in [0, 0.1) is 5.92 Å². The van der Waals surface area contributed by atoms with E-state index in [9.17, 15) is 9.90 Å². The minimum atomic E-state index is -1.08. The summed E-state index contributed by atoms with van der Waals surface area (Å²) in [6, 6.07) is 8.97. The summed E-state index contributed by atoms with van der Waals surface area (Å²) in [7, 11) is 0. The molecular weight excluding hydrogens is 219 g/mol. The van der Waals surface area contributed by atoms with Gasteiger partial charge < -0.3 is 15.0 Å². The summed E-state index contributed by atoms with van der Waals surface area (Å²) < 4.78 is 0. The van der Waals surface area contributed by atoms with Gasteiger partial charge in [-0.25, -0.2) is 0 Å². The molecule has 0 amide bonds. The van der Waals surface area contributed by atoms with Crippen molar-refractivity contribution in [2.45, 2.75) is 11.8 Å². The summed E-state index contributed by atoms with van der Waals surface area (Å²) >= 11 is 0. The Morgan fingerprint density at radius 3 is 2.47 bits per heavy atom. The molecule has 1 aliphatic rings. The van der Waals surface area contributed by atoms with Crippen molar-refractivity contribution in [3.8, 4) is 0 Å². The van der Waals surface area contributed by atoms with E-state index in [0.29, 0.717) is 6.42 Å². The number of hydrogen-bond acceptors (Lipinski definition) is 3. The van der Waals surface area contributed by atoms with E-state index in [4.69, 9.17) is 5.11 Å². The van der Waals surface area contributed by atoms with Crippen LogP contribution in [0.25, 0.3) is 0 Å². The van der Waals surface area contributed by atoms with Crippen LogP contribution in [0.3, 0.4) is 0 Å². The van der Waals surface area contributed by atoms with Crippen LogP contribution in [-0.2, 0) is 10.2 Å². The third-order valence-corrected chi connectivity index (χ3v) is 2.98. The van der Waals surface area contributed by atoms with Crippen molar-refractivity contribution < 1.29 is 66.4 Å². The van der Waals surface area contributed by atoms with Crippen LogP contribution in [0.15, 0.2) is 30.3 Å². The third kappa shape index (κ3) is 2.20. The Labute approximate surface area is 131 Å². The predicted molar refractivity (Wildman–Crippen MR) is 48.3 cm³/mol. The summed E-state index contributed by atoms with van der Waals surface area (Å²) in [6.45, 7) is -0.0944. The Balaban J connectivity index is 0.00000112. The number of aliphatic hydroxyl groups excluding tert-OH is 1. The predicted octanol–water partition coefficient (Wildman–Crippen LogP) is -3.31. The van der Waals surface area contributed by atoms with Crippen LogP contribution in [0.2, 0.25) is 0 Å². The van der Waals surface area contributed by atoms with Gasteiger partial charge in [-0.3, -0.25) is 0 Å². The molecule has 74 valence electrons. The molecule has 4 heteroatoms. The van der Waals surface area contributed by atoms with Gasteiger partial charge in [-0.2, -0.15) is 0 Å². The minimum Gasteiger partial charge on any atom is -0.549 e. The monoisotopic (exact) mass is 230 g/mol. The van der Waals surface area contributed by atoms with E-state index in [2.05, 4.69) is 0 Å². The molecule has 15 heavy (non-hydrogen) atoms. The quantitative estimate of drug-likeness (QED) is 0.553. The summed E-state index contributed by atoms with van der Waals surface area (Å²) in [5, 5.41) is 20.0. The average molecular weight is 230 g/mol. The van der Waals surface area contributed by atoms with E-state index >= 15 is 0 Å². The summed E-state index contributed by atoms with van der Waals surface area (Å²) in [4.78, 5) is 11.0. The zero-order valence-electron chi connectivity index (χ0n) is 8.64. The van der Waals surface area contributed by atoms with Gasteiger partial charge in [0.15, 0.2) is 0 Å². The first-order valence-corrected chi connectivity index (χ1v) is 4.59. The van der Waals surface area contributed by atoms with E-state index in [1.54, 1.807) is 24.3 Å². The van der Waals surface area contributed by atoms with Crippen LogP contribution >= 0.6 is 0 Å². The average Bonchev–Trinajstić information content (AvgIpc) is 2.94. The molecule has 0 unspecified atom stereocenters. The van der Waals surface area contributed by atoms with Crippen molar-refractivity contribution in [2.24, 2.45) is 5.92 Å². The SMILES string of the molecule is O=C([O-])[C@]1(c2ccccc2)C[C@@H]1CO.[K+]. The van der Waals surface area contributed by atoms with Gasteiger partial charge in [0.05, 0.1) is 5.97 Å². The zero-order chi connectivity index (χ0) is 10.2.